The fourth-order valence-electron chi connectivity index (χ4n) is 1.93. The average Bonchev–Trinajstić information content (AvgIpc) is 2.84. The minimum Gasteiger partial charge on any atom is -0.333 e. The Kier molecular flexibility index (Phi) is 4.97. The van der Waals surface area contributed by atoms with Crippen LogP contribution in [0.2, 0.25) is 0 Å². The number of nitrogens with zero attached hydrogens (tertiary/aromatic N) is 2. The molecule has 1 N–H and O–H groups in total. The van der Waals surface area contributed by atoms with Gasteiger partial charge in [-0.2, -0.15) is 0 Å². The van der Waals surface area contributed by atoms with Crippen molar-refractivity contribution in [2.24, 2.45) is 0 Å². The van der Waals surface area contributed by atoms with E-state index in [1.165, 1.54) is 12.0 Å². The van der Waals surface area contributed by atoms with E-state index in [2.05, 4.69) is 52.3 Å². The Bertz CT molecular complexity index is 448. The van der Waals surface area contributed by atoms with Gasteiger partial charge >= 0.3 is 0 Å². The van der Waals surface area contributed by atoms with Gasteiger partial charge in [0.05, 0.1) is 12.0 Å². The second kappa shape index (κ2) is 6.97. The molecular weight excluding hydrogens is 222 g/mol. The van der Waals surface area contributed by atoms with Crippen LogP contribution in [0.4, 0.5) is 0 Å². The van der Waals surface area contributed by atoms with Crippen LogP contribution in [0.3, 0.4) is 0 Å². The summed E-state index contributed by atoms with van der Waals surface area (Å²) in [6.45, 7) is 5.18. The van der Waals surface area contributed by atoms with Gasteiger partial charge in [0.15, 0.2) is 0 Å². The molecule has 1 aromatic carbocycles. The molecule has 0 amide bonds. The number of imidazole rings is 1. The fraction of sp³-hybridized carbons (Fsp3) is 0.400. The van der Waals surface area contributed by atoms with E-state index >= 15 is 0 Å². The number of rotatable bonds is 7. The number of hydrogen-bond donors (Lipinski definition) is 1. The number of benzene rings is 1. The summed E-state index contributed by atoms with van der Waals surface area (Å²) in [6.07, 6.45) is 6.24. The second-order valence-electron chi connectivity index (χ2n) is 4.52. The highest BCUT2D eigenvalue weighted by molar-refractivity contribution is 5.15. The standard InChI is InChI=1S/C15H21N3/c1-2-9-16-10-8-15-12-18(13-17-15)11-14-6-4-3-5-7-14/h3-7,12-13,16H,2,8-11H2,1H3. The van der Waals surface area contributed by atoms with Crippen molar-refractivity contribution in [1.29, 1.82) is 0 Å². The summed E-state index contributed by atoms with van der Waals surface area (Å²) < 4.78 is 2.14. The largest absolute Gasteiger partial charge is 0.333 e. The number of hydrogen-bond acceptors (Lipinski definition) is 2. The van der Waals surface area contributed by atoms with E-state index in [-0.39, 0.29) is 0 Å². The van der Waals surface area contributed by atoms with Gasteiger partial charge in [-0.1, -0.05) is 37.3 Å². The molecule has 0 aliphatic heterocycles. The lowest BCUT2D eigenvalue weighted by atomic mass is 10.2. The SMILES string of the molecule is CCCNCCc1cn(Cc2ccccc2)cn1. The molecule has 1 aromatic heterocycles. The van der Waals surface area contributed by atoms with E-state index in [1.54, 1.807) is 0 Å². The van der Waals surface area contributed by atoms with Crippen LogP contribution in [-0.2, 0) is 13.0 Å². The Hall–Kier alpha value is -1.61. The molecule has 3 heteroatoms. The first-order chi connectivity index (χ1) is 8.88. The van der Waals surface area contributed by atoms with Crippen molar-refractivity contribution in [2.45, 2.75) is 26.3 Å². The van der Waals surface area contributed by atoms with Crippen molar-refractivity contribution >= 4 is 0 Å². The fourth-order valence-corrected chi connectivity index (χ4v) is 1.93. The topological polar surface area (TPSA) is 29.9 Å². The van der Waals surface area contributed by atoms with E-state index in [9.17, 15) is 0 Å². The molecule has 3 nitrogen and oxygen atoms in total. The highest BCUT2D eigenvalue weighted by atomic mass is 15.0. The van der Waals surface area contributed by atoms with Gasteiger partial charge in [-0.25, -0.2) is 4.98 Å². The summed E-state index contributed by atoms with van der Waals surface area (Å²) in [6, 6.07) is 10.5. The maximum absolute atomic E-state index is 4.43. The molecule has 18 heavy (non-hydrogen) atoms. The highest BCUT2D eigenvalue weighted by Crippen LogP contribution is 2.04. The zero-order valence-corrected chi connectivity index (χ0v) is 11.0. The van der Waals surface area contributed by atoms with Gasteiger partial charge in [0.25, 0.3) is 0 Å². The quantitative estimate of drug-likeness (QED) is 0.757. The van der Waals surface area contributed by atoms with Gasteiger partial charge in [0.1, 0.15) is 0 Å². The molecule has 2 rings (SSSR count). The number of aromatic nitrogens is 2. The summed E-state index contributed by atoms with van der Waals surface area (Å²) >= 11 is 0. The van der Waals surface area contributed by atoms with Crippen LogP contribution in [0.1, 0.15) is 24.6 Å². The molecule has 0 aliphatic carbocycles. The van der Waals surface area contributed by atoms with E-state index in [1.807, 2.05) is 12.4 Å². The molecule has 96 valence electrons. The molecule has 0 unspecified atom stereocenters. The normalized spacial score (nSPS) is 10.7. The predicted octanol–water partition coefficient (Wildman–Crippen LogP) is 2.47. The summed E-state index contributed by atoms with van der Waals surface area (Å²) in [7, 11) is 0. The van der Waals surface area contributed by atoms with Gasteiger partial charge in [-0.15, -0.1) is 0 Å². The lowest BCUT2D eigenvalue weighted by molar-refractivity contribution is 0.666. The Labute approximate surface area is 109 Å². The van der Waals surface area contributed by atoms with E-state index in [4.69, 9.17) is 0 Å². The van der Waals surface area contributed by atoms with Crippen molar-refractivity contribution in [3.8, 4) is 0 Å². The third-order valence-corrected chi connectivity index (χ3v) is 2.88. The first kappa shape index (κ1) is 12.8. The molecule has 0 fully saturated rings. The lowest BCUT2D eigenvalue weighted by Gasteiger charge is -2.02. The zero-order valence-electron chi connectivity index (χ0n) is 11.0. The molecule has 0 atom stereocenters. The molecule has 0 saturated heterocycles. The summed E-state index contributed by atoms with van der Waals surface area (Å²) in [5, 5.41) is 3.39. The third kappa shape index (κ3) is 4.00. The Balaban J connectivity index is 1.83. The molecule has 0 bridgehead atoms. The minimum atomic E-state index is 0.899. The lowest BCUT2D eigenvalue weighted by Crippen LogP contribution is -2.17. The Morgan fingerprint density at radius 3 is 2.78 bits per heavy atom. The number of nitrogens with one attached hydrogen (secondary N) is 1. The van der Waals surface area contributed by atoms with E-state index < -0.39 is 0 Å². The third-order valence-electron chi connectivity index (χ3n) is 2.88. The van der Waals surface area contributed by atoms with Crippen molar-refractivity contribution in [3.63, 3.8) is 0 Å². The van der Waals surface area contributed by atoms with Crippen molar-refractivity contribution in [1.82, 2.24) is 14.9 Å². The second-order valence-corrected chi connectivity index (χ2v) is 4.52. The summed E-state index contributed by atoms with van der Waals surface area (Å²) in [5.41, 5.74) is 2.47. The van der Waals surface area contributed by atoms with Gasteiger partial charge in [-0.05, 0) is 18.5 Å². The monoisotopic (exact) mass is 243 g/mol. The van der Waals surface area contributed by atoms with E-state index in [0.29, 0.717) is 0 Å². The first-order valence-electron chi connectivity index (χ1n) is 6.64. The van der Waals surface area contributed by atoms with Gasteiger partial charge in [0, 0.05) is 25.7 Å². The molecular formula is C15H21N3. The van der Waals surface area contributed by atoms with Crippen molar-refractivity contribution in [2.75, 3.05) is 13.1 Å². The first-order valence-corrected chi connectivity index (χ1v) is 6.64. The van der Waals surface area contributed by atoms with Crippen LogP contribution in [0.5, 0.6) is 0 Å². The van der Waals surface area contributed by atoms with Crippen molar-refractivity contribution < 1.29 is 0 Å². The van der Waals surface area contributed by atoms with Crippen LogP contribution in [0.25, 0.3) is 0 Å². The molecule has 0 radical (unpaired) electrons. The van der Waals surface area contributed by atoms with Gasteiger partial charge in [-0.3, -0.25) is 0 Å². The molecule has 2 aromatic rings. The molecule has 0 aliphatic rings. The highest BCUT2D eigenvalue weighted by Gasteiger charge is 1.99. The predicted molar refractivity (Wildman–Crippen MR) is 74.6 cm³/mol. The Morgan fingerprint density at radius 2 is 2.00 bits per heavy atom. The van der Waals surface area contributed by atoms with Crippen molar-refractivity contribution in [3.05, 3.63) is 54.1 Å². The Morgan fingerprint density at radius 1 is 1.17 bits per heavy atom. The zero-order chi connectivity index (χ0) is 12.6. The summed E-state index contributed by atoms with van der Waals surface area (Å²) in [4.78, 5) is 4.43. The van der Waals surface area contributed by atoms with Gasteiger partial charge < -0.3 is 9.88 Å². The van der Waals surface area contributed by atoms with Gasteiger partial charge in [0.2, 0.25) is 0 Å². The van der Waals surface area contributed by atoms with Crippen LogP contribution in [0.15, 0.2) is 42.9 Å². The average molecular weight is 243 g/mol. The van der Waals surface area contributed by atoms with Crippen LogP contribution < -0.4 is 5.32 Å². The van der Waals surface area contributed by atoms with Crippen LogP contribution >= 0.6 is 0 Å². The minimum absolute atomic E-state index is 0.899. The maximum atomic E-state index is 4.43. The van der Waals surface area contributed by atoms with Crippen LogP contribution in [-0.4, -0.2) is 22.6 Å². The molecule has 0 spiro atoms. The van der Waals surface area contributed by atoms with Crippen LogP contribution in [0, 0.1) is 0 Å². The molecule has 1 heterocycles. The maximum Gasteiger partial charge on any atom is 0.0952 e. The molecule has 0 saturated carbocycles. The summed E-state index contributed by atoms with van der Waals surface area (Å²) in [5.74, 6) is 0. The van der Waals surface area contributed by atoms with E-state index in [0.717, 1.165) is 31.7 Å². The smallest absolute Gasteiger partial charge is 0.0952 e.